The molecule has 0 unspecified atom stereocenters. The summed E-state index contributed by atoms with van der Waals surface area (Å²) in [5.41, 5.74) is 1.42. The van der Waals surface area contributed by atoms with Gasteiger partial charge in [-0.1, -0.05) is 12.1 Å². The minimum Gasteiger partial charge on any atom is -0.508 e. The van der Waals surface area contributed by atoms with Gasteiger partial charge in [-0.15, -0.1) is 0 Å². The van der Waals surface area contributed by atoms with Gasteiger partial charge in [0.2, 0.25) is 0 Å². The van der Waals surface area contributed by atoms with E-state index >= 15 is 0 Å². The largest absolute Gasteiger partial charge is 0.508 e. The molecule has 154 valence electrons. The number of benzene rings is 3. The maximum atomic E-state index is 12.9. The predicted octanol–water partition coefficient (Wildman–Crippen LogP) is 4.02. The highest BCUT2D eigenvalue weighted by atomic mass is 16.5. The van der Waals surface area contributed by atoms with Crippen molar-refractivity contribution in [3.8, 4) is 34.3 Å². The van der Waals surface area contributed by atoms with E-state index in [0.29, 0.717) is 11.1 Å². The Morgan fingerprint density at radius 3 is 2.16 bits per heavy atom. The van der Waals surface area contributed by atoms with Crippen LogP contribution in [0.15, 0.2) is 69.9 Å². The van der Waals surface area contributed by atoms with Crippen LogP contribution < -0.4 is 10.2 Å². The number of hydrogen-bond donors (Lipinski definition) is 3. The zero-order valence-electron chi connectivity index (χ0n) is 16.0. The smallest absolute Gasteiger partial charge is 0.312 e. The number of ether oxygens (including phenoxy) is 1. The van der Waals surface area contributed by atoms with Crippen molar-refractivity contribution in [1.29, 1.82) is 0 Å². The molecule has 0 fully saturated rings. The quantitative estimate of drug-likeness (QED) is 0.334. The van der Waals surface area contributed by atoms with Crippen LogP contribution in [-0.2, 0) is 4.79 Å². The fourth-order valence-electron chi connectivity index (χ4n) is 3.92. The zero-order valence-corrected chi connectivity index (χ0v) is 16.0. The molecule has 0 saturated heterocycles. The molecule has 5 rings (SSSR count). The molecule has 0 saturated carbocycles. The van der Waals surface area contributed by atoms with Gasteiger partial charge in [0.1, 0.15) is 39.7 Å². The van der Waals surface area contributed by atoms with Gasteiger partial charge in [0.25, 0.3) is 0 Å². The molecule has 0 radical (unpaired) electrons. The first-order chi connectivity index (χ1) is 14.9. The third-order valence-corrected chi connectivity index (χ3v) is 5.37. The van der Waals surface area contributed by atoms with E-state index in [9.17, 15) is 24.9 Å². The monoisotopic (exact) mass is 416 g/mol. The second kappa shape index (κ2) is 6.91. The number of hydrogen-bond acceptors (Lipinski definition) is 7. The van der Waals surface area contributed by atoms with E-state index in [1.807, 2.05) is 0 Å². The lowest BCUT2D eigenvalue weighted by atomic mass is 9.85. The predicted molar refractivity (Wildman–Crippen MR) is 111 cm³/mol. The number of aromatic hydroxyl groups is 3. The van der Waals surface area contributed by atoms with Crippen LogP contribution in [-0.4, -0.2) is 21.3 Å². The maximum Gasteiger partial charge on any atom is 0.312 e. The van der Waals surface area contributed by atoms with Gasteiger partial charge in [-0.05, 0) is 42.0 Å². The first-order valence-electron chi connectivity index (χ1n) is 9.53. The molecular weight excluding hydrogens is 400 g/mol. The summed E-state index contributed by atoms with van der Waals surface area (Å²) in [6.07, 6.45) is 0.00476. The van der Waals surface area contributed by atoms with Gasteiger partial charge >= 0.3 is 5.97 Å². The number of carbonyl (C=O) groups excluding carboxylic acids is 1. The Labute approximate surface area is 175 Å². The molecule has 3 aromatic carbocycles. The number of fused-ring (bicyclic) bond motifs is 3. The van der Waals surface area contributed by atoms with Crippen LogP contribution in [0.3, 0.4) is 0 Å². The summed E-state index contributed by atoms with van der Waals surface area (Å²) in [4.78, 5) is 25.1. The molecule has 7 nitrogen and oxygen atoms in total. The summed E-state index contributed by atoms with van der Waals surface area (Å²) in [5.74, 6) is -0.823. The first kappa shape index (κ1) is 18.7. The summed E-state index contributed by atoms with van der Waals surface area (Å²) >= 11 is 0. The average Bonchev–Trinajstić information content (AvgIpc) is 2.73. The number of rotatable bonds is 2. The van der Waals surface area contributed by atoms with Gasteiger partial charge in [-0.25, -0.2) is 0 Å². The van der Waals surface area contributed by atoms with Crippen LogP contribution in [0.2, 0.25) is 0 Å². The minimum absolute atomic E-state index is 0.00476. The van der Waals surface area contributed by atoms with E-state index in [1.54, 1.807) is 24.3 Å². The van der Waals surface area contributed by atoms with Crippen molar-refractivity contribution in [3.05, 3.63) is 82.0 Å². The summed E-state index contributed by atoms with van der Waals surface area (Å²) in [6, 6.07) is 15.1. The fraction of sp³-hybridized carbons (Fsp3) is 0.0833. The number of esters is 1. The Kier molecular flexibility index (Phi) is 4.18. The first-order valence-corrected chi connectivity index (χ1v) is 9.53. The highest BCUT2D eigenvalue weighted by Crippen LogP contribution is 2.46. The number of carbonyl (C=O) groups is 1. The molecule has 1 atom stereocenters. The summed E-state index contributed by atoms with van der Waals surface area (Å²) in [5, 5.41) is 29.6. The van der Waals surface area contributed by atoms with E-state index in [4.69, 9.17) is 9.15 Å². The van der Waals surface area contributed by atoms with Crippen molar-refractivity contribution < 1.29 is 29.3 Å². The highest BCUT2D eigenvalue weighted by Gasteiger charge is 2.33. The SMILES string of the molecule is O=C1C[C@@H](c2ccc(O)cc2)c2c(cc(O)c3c(=O)cc(-c4ccc(O)cc4)oc23)O1. The molecule has 1 aliphatic rings. The van der Waals surface area contributed by atoms with Crippen LogP contribution in [0.5, 0.6) is 23.0 Å². The molecule has 1 aromatic heterocycles. The van der Waals surface area contributed by atoms with E-state index in [-0.39, 0.29) is 46.1 Å². The van der Waals surface area contributed by atoms with Crippen molar-refractivity contribution >= 4 is 16.9 Å². The van der Waals surface area contributed by atoms with Crippen molar-refractivity contribution in [1.82, 2.24) is 0 Å². The Hall–Kier alpha value is -4.26. The summed E-state index contributed by atoms with van der Waals surface area (Å²) in [6.45, 7) is 0. The molecule has 2 heterocycles. The minimum atomic E-state index is -0.502. The topological polar surface area (TPSA) is 117 Å². The van der Waals surface area contributed by atoms with Gasteiger partial charge in [-0.2, -0.15) is 0 Å². The van der Waals surface area contributed by atoms with Crippen LogP contribution in [0.25, 0.3) is 22.3 Å². The lowest BCUT2D eigenvalue weighted by Crippen LogP contribution is -2.22. The van der Waals surface area contributed by atoms with Gasteiger partial charge in [-0.3, -0.25) is 9.59 Å². The number of phenols is 3. The Morgan fingerprint density at radius 1 is 0.839 bits per heavy atom. The van der Waals surface area contributed by atoms with Gasteiger partial charge < -0.3 is 24.5 Å². The molecule has 4 aromatic rings. The van der Waals surface area contributed by atoms with E-state index in [1.165, 1.54) is 36.4 Å². The Bertz CT molecular complexity index is 1380. The van der Waals surface area contributed by atoms with Gasteiger partial charge in [0.05, 0.1) is 6.42 Å². The summed E-state index contributed by atoms with van der Waals surface area (Å²) in [7, 11) is 0. The van der Waals surface area contributed by atoms with E-state index < -0.39 is 17.3 Å². The molecule has 1 aliphatic heterocycles. The van der Waals surface area contributed by atoms with Crippen LogP contribution in [0.4, 0.5) is 0 Å². The fourth-order valence-corrected chi connectivity index (χ4v) is 3.92. The third-order valence-electron chi connectivity index (χ3n) is 5.37. The van der Waals surface area contributed by atoms with E-state index in [2.05, 4.69) is 0 Å². The molecule has 0 aliphatic carbocycles. The van der Waals surface area contributed by atoms with Crippen LogP contribution in [0.1, 0.15) is 23.5 Å². The second-order valence-electron chi connectivity index (χ2n) is 7.36. The van der Waals surface area contributed by atoms with Crippen LogP contribution >= 0.6 is 0 Å². The van der Waals surface area contributed by atoms with Gasteiger partial charge in [0, 0.05) is 29.2 Å². The third kappa shape index (κ3) is 3.16. The molecular formula is C24H16O7. The van der Waals surface area contributed by atoms with E-state index in [0.717, 1.165) is 5.56 Å². The van der Waals surface area contributed by atoms with Crippen LogP contribution in [0, 0.1) is 0 Å². The Morgan fingerprint density at radius 2 is 1.48 bits per heavy atom. The lowest BCUT2D eigenvalue weighted by Gasteiger charge is -2.26. The lowest BCUT2D eigenvalue weighted by molar-refractivity contribution is -0.135. The standard InChI is InChI=1S/C24H16O7/c25-14-5-1-12(2-6-14)16-9-21(29)30-20-11-18(28)23-17(27)10-19(31-24(23)22(16)20)13-3-7-15(26)8-4-13/h1-8,10-11,16,25-26,28H,9H2/t16-/m0/s1. The molecule has 7 heteroatoms. The Balaban J connectivity index is 1.81. The van der Waals surface area contributed by atoms with Gasteiger partial charge in [0.15, 0.2) is 5.43 Å². The highest BCUT2D eigenvalue weighted by molar-refractivity contribution is 5.93. The zero-order chi connectivity index (χ0) is 21.7. The molecule has 3 N–H and O–H groups in total. The average molecular weight is 416 g/mol. The molecule has 0 spiro atoms. The molecule has 31 heavy (non-hydrogen) atoms. The van der Waals surface area contributed by atoms with Crippen molar-refractivity contribution in [3.63, 3.8) is 0 Å². The number of phenolic OH excluding ortho intramolecular Hbond substituents is 3. The maximum absolute atomic E-state index is 12.9. The van der Waals surface area contributed by atoms with Crippen molar-refractivity contribution in [2.75, 3.05) is 0 Å². The normalized spacial score (nSPS) is 15.5. The molecule has 0 bridgehead atoms. The van der Waals surface area contributed by atoms with Crippen molar-refractivity contribution in [2.24, 2.45) is 0 Å². The molecule has 0 amide bonds. The van der Waals surface area contributed by atoms with Crippen molar-refractivity contribution in [2.45, 2.75) is 12.3 Å². The summed E-state index contributed by atoms with van der Waals surface area (Å²) < 4.78 is 11.4. The second-order valence-corrected chi connectivity index (χ2v) is 7.36.